The summed E-state index contributed by atoms with van der Waals surface area (Å²) in [5.74, 6) is 0.797. The quantitative estimate of drug-likeness (QED) is 0.610. The molecule has 1 saturated carbocycles. The lowest BCUT2D eigenvalue weighted by atomic mass is 9.95. The van der Waals surface area contributed by atoms with E-state index in [0.29, 0.717) is 17.5 Å². The van der Waals surface area contributed by atoms with E-state index in [0.717, 1.165) is 5.56 Å². The number of benzene rings is 1. The van der Waals surface area contributed by atoms with Gasteiger partial charge in [-0.3, -0.25) is 4.79 Å². The van der Waals surface area contributed by atoms with E-state index >= 15 is 0 Å². The first-order valence-corrected chi connectivity index (χ1v) is 9.01. The molecule has 2 aromatic rings. The molecule has 1 N–H and O–H groups in total. The molecular formula is C20H25N3O3. The Kier molecular flexibility index (Phi) is 6.30. The van der Waals surface area contributed by atoms with E-state index in [1.807, 2.05) is 18.2 Å². The van der Waals surface area contributed by atoms with Crippen molar-refractivity contribution in [2.75, 3.05) is 13.7 Å². The molecule has 26 heavy (non-hydrogen) atoms. The highest BCUT2D eigenvalue weighted by Gasteiger charge is 2.14. The molecule has 1 heterocycles. The number of ether oxygens (including phenoxy) is 2. The molecule has 0 spiro atoms. The Morgan fingerprint density at radius 2 is 2.00 bits per heavy atom. The molecule has 6 nitrogen and oxygen atoms in total. The smallest absolute Gasteiger partial charge is 0.277 e. The van der Waals surface area contributed by atoms with Crippen molar-refractivity contribution in [3.8, 4) is 11.5 Å². The van der Waals surface area contributed by atoms with Crippen LogP contribution in [-0.2, 0) is 4.79 Å². The second-order valence-corrected chi connectivity index (χ2v) is 6.42. The van der Waals surface area contributed by atoms with E-state index < -0.39 is 0 Å². The van der Waals surface area contributed by atoms with Gasteiger partial charge in [0.15, 0.2) is 18.1 Å². The van der Waals surface area contributed by atoms with Gasteiger partial charge in [-0.1, -0.05) is 31.4 Å². The molecule has 0 radical (unpaired) electrons. The van der Waals surface area contributed by atoms with E-state index in [4.69, 9.17) is 9.47 Å². The van der Waals surface area contributed by atoms with Crippen LogP contribution in [-0.4, -0.2) is 30.4 Å². The number of hydrazone groups is 1. The Labute approximate surface area is 153 Å². The van der Waals surface area contributed by atoms with Crippen LogP contribution in [0.25, 0.3) is 0 Å². The lowest BCUT2D eigenvalue weighted by Gasteiger charge is -2.23. The third kappa shape index (κ3) is 4.88. The Hall–Kier alpha value is -2.76. The summed E-state index contributed by atoms with van der Waals surface area (Å²) in [6.07, 6.45) is 12.2. The van der Waals surface area contributed by atoms with Crippen molar-refractivity contribution in [1.82, 2.24) is 9.99 Å². The normalized spacial score (nSPS) is 15.1. The third-order valence-corrected chi connectivity index (χ3v) is 4.56. The Morgan fingerprint density at radius 1 is 1.23 bits per heavy atom. The number of methoxy groups -OCH3 is 1. The lowest BCUT2D eigenvalue weighted by Crippen LogP contribution is -2.24. The maximum absolute atomic E-state index is 11.9. The predicted octanol–water partition coefficient (Wildman–Crippen LogP) is 3.53. The average molecular weight is 355 g/mol. The van der Waals surface area contributed by atoms with Gasteiger partial charge in [0.1, 0.15) is 0 Å². The van der Waals surface area contributed by atoms with Gasteiger partial charge < -0.3 is 14.0 Å². The lowest BCUT2D eigenvalue weighted by molar-refractivity contribution is -0.123. The number of hydrogen-bond acceptors (Lipinski definition) is 4. The number of rotatable bonds is 7. The highest BCUT2D eigenvalue weighted by Crippen LogP contribution is 2.28. The molecule has 0 bridgehead atoms. The molecule has 1 fully saturated rings. The molecule has 0 saturated heterocycles. The van der Waals surface area contributed by atoms with Crippen molar-refractivity contribution in [3.63, 3.8) is 0 Å². The molecule has 0 atom stereocenters. The van der Waals surface area contributed by atoms with Crippen LogP contribution >= 0.6 is 0 Å². The first-order chi connectivity index (χ1) is 12.8. The van der Waals surface area contributed by atoms with Crippen LogP contribution in [0.2, 0.25) is 0 Å². The van der Waals surface area contributed by atoms with Crippen molar-refractivity contribution in [1.29, 1.82) is 0 Å². The molecule has 0 unspecified atom stereocenters. The fraction of sp³-hybridized carbons (Fsp3) is 0.400. The molecular weight excluding hydrogens is 330 g/mol. The van der Waals surface area contributed by atoms with E-state index in [-0.39, 0.29) is 12.5 Å². The van der Waals surface area contributed by atoms with Crippen LogP contribution in [0.3, 0.4) is 0 Å². The molecule has 0 aliphatic heterocycles. The first kappa shape index (κ1) is 18.0. The van der Waals surface area contributed by atoms with Crippen LogP contribution in [0.4, 0.5) is 0 Å². The topological polar surface area (TPSA) is 64.8 Å². The summed E-state index contributed by atoms with van der Waals surface area (Å²) >= 11 is 0. The van der Waals surface area contributed by atoms with Crippen molar-refractivity contribution in [2.45, 2.75) is 38.1 Å². The van der Waals surface area contributed by atoms with Crippen molar-refractivity contribution < 1.29 is 14.3 Å². The molecule has 1 aliphatic carbocycles. The maximum atomic E-state index is 11.9. The summed E-state index contributed by atoms with van der Waals surface area (Å²) in [6.45, 7) is -0.124. The fourth-order valence-electron chi connectivity index (χ4n) is 3.21. The summed E-state index contributed by atoms with van der Waals surface area (Å²) in [5, 5.41) is 4.01. The minimum absolute atomic E-state index is 0.124. The second-order valence-electron chi connectivity index (χ2n) is 6.42. The largest absolute Gasteiger partial charge is 0.493 e. The van der Waals surface area contributed by atoms with Gasteiger partial charge in [0, 0.05) is 24.0 Å². The summed E-state index contributed by atoms with van der Waals surface area (Å²) in [5.41, 5.74) is 3.46. The zero-order chi connectivity index (χ0) is 18.2. The second kappa shape index (κ2) is 9.08. The van der Waals surface area contributed by atoms with Crippen molar-refractivity contribution in [3.05, 3.63) is 48.3 Å². The number of nitrogens with zero attached hydrogens (tertiary/aromatic N) is 2. The molecule has 1 aromatic heterocycles. The van der Waals surface area contributed by atoms with Gasteiger partial charge in [-0.25, -0.2) is 5.43 Å². The van der Waals surface area contributed by atoms with Crippen LogP contribution < -0.4 is 14.9 Å². The average Bonchev–Trinajstić information content (AvgIpc) is 3.16. The van der Waals surface area contributed by atoms with Gasteiger partial charge in [0.25, 0.3) is 5.91 Å². The van der Waals surface area contributed by atoms with Crippen LogP contribution in [0.1, 0.15) is 43.7 Å². The summed E-state index contributed by atoms with van der Waals surface area (Å²) in [6, 6.07) is 9.80. The highest BCUT2D eigenvalue weighted by molar-refractivity contribution is 5.82. The predicted molar refractivity (Wildman–Crippen MR) is 101 cm³/mol. The first-order valence-electron chi connectivity index (χ1n) is 9.01. The van der Waals surface area contributed by atoms with Crippen LogP contribution in [0.15, 0.2) is 47.8 Å². The molecule has 6 heteroatoms. The molecule has 138 valence electrons. The highest BCUT2D eigenvalue weighted by atomic mass is 16.5. The van der Waals surface area contributed by atoms with Crippen molar-refractivity contribution >= 4 is 12.1 Å². The third-order valence-electron chi connectivity index (χ3n) is 4.56. The zero-order valence-electron chi connectivity index (χ0n) is 15.1. The Morgan fingerprint density at radius 3 is 2.77 bits per heavy atom. The summed E-state index contributed by atoms with van der Waals surface area (Å²) < 4.78 is 12.9. The molecule has 1 aromatic carbocycles. The Balaban J connectivity index is 1.46. The molecule has 1 aliphatic rings. The van der Waals surface area contributed by atoms with Crippen LogP contribution in [0, 0.1) is 0 Å². The van der Waals surface area contributed by atoms with E-state index in [9.17, 15) is 4.79 Å². The minimum Gasteiger partial charge on any atom is -0.493 e. The Bertz CT molecular complexity index is 748. The van der Waals surface area contributed by atoms with E-state index in [1.165, 1.54) is 32.1 Å². The van der Waals surface area contributed by atoms with E-state index in [1.54, 1.807) is 25.5 Å². The van der Waals surface area contributed by atoms with Gasteiger partial charge in [-0.2, -0.15) is 5.10 Å². The van der Waals surface area contributed by atoms with Crippen molar-refractivity contribution in [2.24, 2.45) is 5.10 Å². The van der Waals surface area contributed by atoms with Gasteiger partial charge in [0.05, 0.1) is 13.3 Å². The summed E-state index contributed by atoms with van der Waals surface area (Å²) in [7, 11) is 1.56. The number of para-hydroxylation sites is 2. The number of carbonyl (C=O) groups is 1. The van der Waals surface area contributed by atoms with E-state index in [2.05, 4.69) is 27.5 Å². The van der Waals surface area contributed by atoms with Crippen LogP contribution in [0.5, 0.6) is 11.5 Å². The molecule has 3 rings (SSSR count). The molecule has 1 amide bonds. The van der Waals surface area contributed by atoms with Gasteiger partial charge in [-0.05, 0) is 31.0 Å². The van der Waals surface area contributed by atoms with Gasteiger partial charge in [-0.15, -0.1) is 0 Å². The number of nitrogens with one attached hydrogen (secondary N) is 1. The van der Waals surface area contributed by atoms with Gasteiger partial charge >= 0.3 is 0 Å². The number of aromatic nitrogens is 1. The number of amides is 1. The number of carbonyl (C=O) groups excluding carboxylic acids is 1. The monoisotopic (exact) mass is 355 g/mol. The minimum atomic E-state index is -0.320. The standard InChI is InChI=1S/C20H25N3O3/c1-25-18-9-5-6-10-19(18)26-15-20(24)22-21-13-16-11-12-23(14-16)17-7-3-2-4-8-17/h5-6,9-14,17H,2-4,7-8,15H2,1H3,(H,22,24)/b21-13+. The summed E-state index contributed by atoms with van der Waals surface area (Å²) in [4.78, 5) is 11.9. The SMILES string of the molecule is COc1ccccc1OCC(=O)N/N=C/c1ccn(C2CCCCC2)c1. The zero-order valence-corrected chi connectivity index (χ0v) is 15.1. The maximum Gasteiger partial charge on any atom is 0.277 e. The fourth-order valence-corrected chi connectivity index (χ4v) is 3.21. The number of hydrogen-bond donors (Lipinski definition) is 1. The van der Waals surface area contributed by atoms with Gasteiger partial charge in [0.2, 0.25) is 0 Å².